The highest BCUT2D eigenvalue weighted by Crippen LogP contribution is 2.36. The quantitative estimate of drug-likeness (QED) is 0.256. The van der Waals surface area contributed by atoms with Gasteiger partial charge in [0.05, 0.1) is 31.0 Å². The van der Waals surface area contributed by atoms with Gasteiger partial charge in [-0.05, 0) is 37.3 Å². The SMILES string of the molecule is COCCN(CC=CC(=O)Nc1cc2c(NC(C)c3ccccc3)ncnc2cc1OCC1CC1)CCOC. The first kappa shape index (κ1) is 28.5. The number of carbonyl (C=O) groups excluding carboxylic acids is 1. The van der Waals surface area contributed by atoms with E-state index in [0.717, 1.165) is 29.6 Å². The van der Waals surface area contributed by atoms with Gasteiger partial charge in [0.15, 0.2) is 0 Å². The van der Waals surface area contributed by atoms with Crippen LogP contribution in [-0.2, 0) is 14.3 Å². The number of nitrogens with one attached hydrogen (secondary N) is 2. The predicted molar refractivity (Wildman–Crippen MR) is 154 cm³/mol. The second-order valence-corrected chi connectivity index (χ2v) is 9.80. The fourth-order valence-electron chi connectivity index (χ4n) is 4.16. The summed E-state index contributed by atoms with van der Waals surface area (Å²) in [5, 5.41) is 7.32. The molecule has 1 amide bonds. The Labute approximate surface area is 230 Å². The van der Waals surface area contributed by atoms with E-state index < -0.39 is 0 Å². The van der Waals surface area contributed by atoms with E-state index in [1.54, 1.807) is 26.6 Å². The van der Waals surface area contributed by atoms with Crippen LogP contribution in [0.5, 0.6) is 5.75 Å². The van der Waals surface area contributed by atoms with Crippen molar-refractivity contribution in [2.24, 2.45) is 5.92 Å². The second kappa shape index (κ2) is 14.6. The molecular formula is C30H39N5O4. The van der Waals surface area contributed by atoms with Gasteiger partial charge in [0.25, 0.3) is 0 Å². The summed E-state index contributed by atoms with van der Waals surface area (Å²) in [7, 11) is 3.36. The third kappa shape index (κ3) is 8.74. The third-order valence-corrected chi connectivity index (χ3v) is 6.67. The third-order valence-electron chi connectivity index (χ3n) is 6.67. The minimum Gasteiger partial charge on any atom is -0.491 e. The Morgan fingerprint density at radius 1 is 1.10 bits per heavy atom. The normalized spacial score (nSPS) is 14.2. The molecule has 1 unspecified atom stereocenters. The van der Waals surface area contributed by atoms with Crippen molar-refractivity contribution in [3.05, 3.63) is 66.5 Å². The summed E-state index contributed by atoms with van der Waals surface area (Å²) in [5.74, 6) is 1.65. The van der Waals surface area contributed by atoms with Crippen LogP contribution in [0.3, 0.4) is 0 Å². The Kier molecular flexibility index (Phi) is 10.6. The zero-order valence-electron chi connectivity index (χ0n) is 23.1. The number of hydrogen-bond donors (Lipinski definition) is 2. The van der Waals surface area contributed by atoms with Gasteiger partial charge in [0.1, 0.15) is 17.9 Å². The van der Waals surface area contributed by atoms with Crippen LogP contribution in [0.4, 0.5) is 11.5 Å². The zero-order valence-corrected chi connectivity index (χ0v) is 23.1. The minimum atomic E-state index is -0.229. The summed E-state index contributed by atoms with van der Waals surface area (Å²) >= 11 is 0. The summed E-state index contributed by atoms with van der Waals surface area (Å²) in [6, 6.07) is 14.0. The Morgan fingerprint density at radius 2 is 1.85 bits per heavy atom. The van der Waals surface area contributed by atoms with Gasteiger partial charge in [0.2, 0.25) is 5.91 Å². The highest BCUT2D eigenvalue weighted by Gasteiger charge is 2.23. The van der Waals surface area contributed by atoms with E-state index in [-0.39, 0.29) is 11.9 Å². The fourth-order valence-corrected chi connectivity index (χ4v) is 4.16. The topological polar surface area (TPSA) is 97.8 Å². The van der Waals surface area contributed by atoms with Gasteiger partial charge in [-0.25, -0.2) is 9.97 Å². The van der Waals surface area contributed by atoms with Gasteiger partial charge in [-0.3, -0.25) is 9.69 Å². The lowest BCUT2D eigenvalue weighted by molar-refractivity contribution is -0.111. The highest BCUT2D eigenvalue weighted by atomic mass is 16.5. The molecule has 208 valence electrons. The van der Waals surface area contributed by atoms with Crippen molar-refractivity contribution in [1.29, 1.82) is 0 Å². The van der Waals surface area contributed by atoms with Gasteiger partial charge in [-0.15, -0.1) is 0 Å². The number of rotatable bonds is 16. The maximum absolute atomic E-state index is 12.9. The number of methoxy groups -OCH3 is 2. The molecule has 1 atom stereocenters. The first-order valence-corrected chi connectivity index (χ1v) is 13.5. The highest BCUT2D eigenvalue weighted by molar-refractivity contribution is 6.03. The minimum absolute atomic E-state index is 0.0372. The van der Waals surface area contributed by atoms with Crippen molar-refractivity contribution in [2.45, 2.75) is 25.8 Å². The van der Waals surface area contributed by atoms with E-state index in [2.05, 4.69) is 44.6 Å². The van der Waals surface area contributed by atoms with Gasteiger partial charge in [-0.1, -0.05) is 36.4 Å². The van der Waals surface area contributed by atoms with E-state index >= 15 is 0 Å². The molecule has 9 nitrogen and oxygen atoms in total. The molecule has 1 aliphatic rings. The molecule has 39 heavy (non-hydrogen) atoms. The molecule has 1 aliphatic carbocycles. The Morgan fingerprint density at radius 3 is 2.54 bits per heavy atom. The number of ether oxygens (including phenoxy) is 3. The van der Waals surface area contributed by atoms with Crippen LogP contribution in [0, 0.1) is 5.92 Å². The van der Waals surface area contributed by atoms with Crippen LogP contribution in [0.25, 0.3) is 10.9 Å². The van der Waals surface area contributed by atoms with Crippen LogP contribution in [0.15, 0.2) is 60.9 Å². The zero-order chi connectivity index (χ0) is 27.5. The van der Waals surface area contributed by atoms with Crippen LogP contribution in [0.1, 0.15) is 31.4 Å². The number of benzene rings is 2. The number of nitrogens with zero attached hydrogens (tertiary/aromatic N) is 3. The molecule has 4 rings (SSSR count). The van der Waals surface area contributed by atoms with Gasteiger partial charge < -0.3 is 24.8 Å². The molecule has 0 saturated heterocycles. The summed E-state index contributed by atoms with van der Waals surface area (Å²) in [6.45, 7) is 6.07. The number of fused-ring (bicyclic) bond motifs is 1. The molecule has 0 aliphatic heterocycles. The number of carbonyl (C=O) groups is 1. The van der Waals surface area contributed by atoms with Crippen LogP contribution >= 0.6 is 0 Å². The maximum atomic E-state index is 12.9. The lowest BCUT2D eigenvalue weighted by Crippen LogP contribution is -2.31. The first-order chi connectivity index (χ1) is 19.1. The summed E-state index contributed by atoms with van der Waals surface area (Å²) in [6.07, 6.45) is 7.30. The van der Waals surface area contributed by atoms with E-state index in [9.17, 15) is 4.79 Å². The van der Waals surface area contributed by atoms with E-state index in [4.69, 9.17) is 14.2 Å². The Bertz CT molecular complexity index is 1220. The van der Waals surface area contributed by atoms with Crippen molar-refractivity contribution in [2.75, 3.05) is 64.3 Å². The largest absolute Gasteiger partial charge is 0.491 e. The first-order valence-electron chi connectivity index (χ1n) is 13.5. The van der Waals surface area contributed by atoms with Crippen LogP contribution in [0.2, 0.25) is 0 Å². The van der Waals surface area contributed by atoms with E-state index in [1.165, 1.54) is 12.8 Å². The Balaban J connectivity index is 1.52. The predicted octanol–water partition coefficient (Wildman–Crippen LogP) is 4.68. The van der Waals surface area contributed by atoms with Gasteiger partial charge in [0, 0.05) is 57.4 Å². The van der Waals surface area contributed by atoms with Crippen molar-refractivity contribution in [3.8, 4) is 5.75 Å². The lowest BCUT2D eigenvalue weighted by atomic mass is 10.1. The number of hydrogen-bond acceptors (Lipinski definition) is 8. The van der Waals surface area contributed by atoms with E-state index in [1.807, 2.05) is 36.4 Å². The van der Waals surface area contributed by atoms with Gasteiger partial charge >= 0.3 is 0 Å². The number of amides is 1. The number of anilines is 2. The molecule has 1 fully saturated rings. The molecular weight excluding hydrogens is 494 g/mol. The van der Waals surface area contributed by atoms with Crippen LogP contribution in [-0.4, -0.2) is 74.4 Å². The van der Waals surface area contributed by atoms with Crippen LogP contribution < -0.4 is 15.4 Å². The second-order valence-electron chi connectivity index (χ2n) is 9.80. The molecule has 3 aromatic rings. The molecule has 0 spiro atoms. The molecule has 1 saturated carbocycles. The van der Waals surface area contributed by atoms with Crippen molar-refractivity contribution < 1.29 is 19.0 Å². The maximum Gasteiger partial charge on any atom is 0.248 e. The average Bonchev–Trinajstić information content (AvgIpc) is 3.78. The smallest absolute Gasteiger partial charge is 0.248 e. The molecule has 9 heteroatoms. The Hall–Kier alpha value is -3.53. The van der Waals surface area contributed by atoms with Crippen molar-refractivity contribution in [1.82, 2.24) is 14.9 Å². The molecule has 2 N–H and O–H groups in total. The standard InChI is InChI=1S/C30H39N5O4/c1-22(24-8-5-4-6-9-24)33-30-25-18-27(28(39-20-23-11-12-23)19-26(25)31-21-32-30)34-29(36)10-7-13-35(14-16-37-2)15-17-38-3/h4-10,18-19,21-23H,11-17,20H2,1-3H3,(H,34,36)(H,31,32,33). The van der Waals surface area contributed by atoms with Gasteiger partial charge in [-0.2, -0.15) is 0 Å². The summed E-state index contributed by atoms with van der Waals surface area (Å²) in [4.78, 5) is 24.1. The van der Waals surface area contributed by atoms with Crippen molar-refractivity contribution >= 4 is 28.3 Å². The molecule has 0 radical (unpaired) electrons. The fraction of sp³-hybridized carbons (Fsp3) is 0.433. The van der Waals surface area contributed by atoms with E-state index in [0.29, 0.717) is 49.5 Å². The van der Waals surface area contributed by atoms with Crippen molar-refractivity contribution in [3.63, 3.8) is 0 Å². The lowest BCUT2D eigenvalue weighted by Gasteiger charge is -2.19. The molecule has 1 aromatic heterocycles. The average molecular weight is 534 g/mol. The number of aromatic nitrogens is 2. The molecule has 2 aromatic carbocycles. The molecule has 1 heterocycles. The molecule has 0 bridgehead atoms. The summed E-state index contributed by atoms with van der Waals surface area (Å²) in [5.41, 5.74) is 2.50. The summed E-state index contributed by atoms with van der Waals surface area (Å²) < 4.78 is 16.5. The monoisotopic (exact) mass is 533 g/mol.